The van der Waals surface area contributed by atoms with E-state index in [1.165, 1.54) is 36.4 Å². The molecule has 0 aliphatic rings. The summed E-state index contributed by atoms with van der Waals surface area (Å²) in [4.78, 5) is 23.9. The van der Waals surface area contributed by atoms with Gasteiger partial charge in [0.2, 0.25) is 0 Å². The predicted molar refractivity (Wildman–Crippen MR) is 102 cm³/mol. The quantitative estimate of drug-likeness (QED) is 0.609. The molecule has 0 saturated carbocycles. The van der Waals surface area contributed by atoms with Crippen LogP contribution in [-0.4, -0.2) is 23.6 Å². The SMILES string of the molecule is Cc1noc(C)c1COc1ccc(C(=O)OCC(=O)Nc2cccc(F)c2)cc1. The van der Waals surface area contributed by atoms with Crippen molar-refractivity contribution in [3.63, 3.8) is 0 Å². The van der Waals surface area contributed by atoms with E-state index < -0.39 is 24.3 Å². The van der Waals surface area contributed by atoms with Crippen LogP contribution in [0, 0.1) is 19.7 Å². The monoisotopic (exact) mass is 398 g/mol. The average Bonchev–Trinajstić information content (AvgIpc) is 3.02. The second kappa shape index (κ2) is 9.01. The molecule has 0 spiro atoms. The van der Waals surface area contributed by atoms with Crippen LogP contribution in [0.5, 0.6) is 5.75 Å². The average molecular weight is 398 g/mol. The molecule has 0 fully saturated rings. The van der Waals surface area contributed by atoms with Crippen molar-refractivity contribution in [1.82, 2.24) is 5.16 Å². The lowest BCUT2D eigenvalue weighted by Gasteiger charge is -2.08. The Morgan fingerprint density at radius 3 is 2.55 bits per heavy atom. The fourth-order valence-electron chi connectivity index (χ4n) is 2.53. The molecular formula is C21H19FN2O5. The largest absolute Gasteiger partial charge is 0.489 e. The highest BCUT2D eigenvalue weighted by atomic mass is 19.1. The maximum Gasteiger partial charge on any atom is 0.338 e. The van der Waals surface area contributed by atoms with Crippen LogP contribution in [0.4, 0.5) is 10.1 Å². The van der Waals surface area contributed by atoms with Crippen molar-refractivity contribution in [1.29, 1.82) is 0 Å². The van der Waals surface area contributed by atoms with Crippen LogP contribution in [0.2, 0.25) is 0 Å². The summed E-state index contributed by atoms with van der Waals surface area (Å²) in [5.74, 6) is -0.443. The van der Waals surface area contributed by atoms with Crippen molar-refractivity contribution >= 4 is 17.6 Å². The van der Waals surface area contributed by atoms with Gasteiger partial charge >= 0.3 is 5.97 Å². The van der Waals surface area contributed by atoms with Gasteiger partial charge < -0.3 is 19.3 Å². The van der Waals surface area contributed by atoms with Crippen molar-refractivity contribution in [3.05, 3.63) is 76.9 Å². The summed E-state index contributed by atoms with van der Waals surface area (Å²) in [6.45, 7) is 3.45. The summed E-state index contributed by atoms with van der Waals surface area (Å²) in [5.41, 5.74) is 2.19. The van der Waals surface area contributed by atoms with Gasteiger partial charge in [-0.3, -0.25) is 4.79 Å². The van der Waals surface area contributed by atoms with E-state index in [0.717, 1.165) is 11.3 Å². The predicted octanol–water partition coefficient (Wildman–Crippen LogP) is 3.81. The molecule has 29 heavy (non-hydrogen) atoms. The molecule has 0 saturated heterocycles. The zero-order chi connectivity index (χ0) is 20.8. The smallest absolute Gasteiger partial charge is 0.338 e. The van der Waals surface area contributed by atoms with Gasteiger partial charge in [0.25, 0.3) is 5.91 Å². The Bertz CT molecular complexity index is 995. The number of hydrogen-bond acceptors (Lipinski definition) is 6. The van der Waals surface area contributed by atoms with Crippen molar-refractivity contribution < 1.29 is 28.0 Å². The molecular weight excluding hydrogens is 379 g/mol. The molecule has 0 aliphatic heterocycles. The van der Waals surface area contributed by atoms with E-state index in [1.54, 1.807) is 12.1 Å². The normalized spacial score (nSPS) is 10.4. The van der Waals surface area contributed by atoms with Crippen molar-refractivity contribution in [2.24, 2.45) is 0 Å². The summed E-state index contributed by atoms with van der Waals surface area (Å²) < 4.78 is 28.8. The second-order valence-corrected chi connectivity index (χ2v) is 6.25. The summed E-state index contributed by atoms with van der Waals surface area (Å²) in [5, 5.41) is 6.31. The number of aryl methyl sites for hydroxylation is 2. The van der Waals surface area contributed by atoms with Gasteiger partial charge in [-0.25, -0.2) is 9.18 Å². The van der Waals surface area contributed by atoms with Crippen LogP contribution in [-0.2, 0) is 16.1 Å². The number of rotatable bonds is 7. The number of halogens is 1. The van der Waals surface area contributed by atoms with Gasteiger partial charge in [-0.15, -0.1) is 0 Å². The number of esters is 1. The Labute approximate surface area is 166 Å². The number of amides is 1. The summed E-state index contributed by atoms with van der Waals surface area (Å²) in [6, 6.07) is 11.8. The number of anilines is 1. The van der Waals surface area contributed by atoms with Crippen molar-refractivity contribution in [3.8, 4) is 5.75 Å². The van der Waals surface area contributed by atoms with E-state index in [-0.39, 0.29) is 11.3 Å². The van der Waals surface area contributed by atoms with E-state index in [2.05, 4.69) is 10.5 Å². The molecule has 2 aromatic carbocycles. The van der Waals surface area contributed by atoms with Crippen LogP contribution >= 0.6 is 0 Å². The van der Waals surface area contributed by atoms with Gasteiger partial charge in [-0.2, -0.15) is 0 Å². The highest BCUT2D eigenvalue weighted by molar-refractivity contribution is 5.95. The van der Waals surface area contributed by atoms with Gasteiger partial charge in [0, 0.05) is 5.69 Å². The Hall–Kier alpha value is -3.68. The van der Waals surface area contributed by atoms with Gasteiger partial charge in [0.15, 0.2) is 6.61 Å². The molecule has 1 N–H and O–H groups in total. The number of carbonyl (C=O) groups excluding carboxylic acids is 2. The minimum Gasteiger partial charge on any atom is -0.489 e. The lowest BCUT2D eigenvalue weighted by atomic mass is 10.2. The molecule has 1 heterocycles. The lowest BCUT2D eigenvalue weighted by molar-refractivity contribution is -0.119. The lowest BCUT2D eigenvalue weighted by Crippen LogP contribution is -2.21. The van der Waals surface area contributed by atoms with Crippen LogP contribution in [0.25, 0.3) is 0 Å². The maximum atomic E-state index is 13.1. The van der Waals surface area contributed by atoms with E-state index >= 15 is 0 Å². The molecule has 7 nitrogen and oxygen atoms in total. The fraction of sp³-hybridized carbons (Fsp3) is 0.190. The standard InChI is InChI=1S/C21H19FN2O5/c1-13-19(14(2)29-24-13)11-27-18-8-6-15(7-9-18)21(26)28-12-20(25)23-17-5-3-4-16(22)10-17/h3-10H,11-12H2,1-2H3,(H,23,25). The minimum atomic E-state index is -0.656. The first kappa shape index (κ1) is 20.1. The van der Waals surface area contributed by atoms with Crippen molar-refractivity contribution in [2.45, 2.75) is 20.5 Å². The first-order chi connectivity index (χ1) is 13.9. The molecule has 0 bridgehead atoms. The molecule has 0 radical (unpaired) electrons. The molecule has 0 atom stereocenters. The zero-order valence-electron chi connectivity index (χ0n) is 15.9. The molecule has 1 aromatic heterocycles. The third-order valence-electron chi connectivity index (χ3n) is 4.10. The molecule has 0 unspecified atom stereocenters. The van der Waals surface area contributed by atoms with Crippen LogP contribution < -0.4 is 10.1 Å². The number of nitrogens with zero attached hydrogens (tertiary/aromatic N) is 1. The number of aromatic nitrogens is 1. The maximum absolute atomic E-state index is 13.1. The van der Waals surface area contributed by atoms with Gasteiger partial charge in [-0.05, 0) is 56.3 Å². The van der Waals surface area contributed by atoms with E-state index in [0.29, 0.717) is 18.1 Å². The summed E-state index contributed by atoms with van der Waals surface area (Å²) in [7, 11) is 0. The molecule has 1 amide bonds. The fourth-order valence-corrected chi connectivity index (χ4v) is 2.53. The van der Waals surface area contributed by atoms with Crippen LogP contribution in [0.15, 0.2) is 53.1 Å². The third-order valence-corrected chi connectivity index (χ3v) is 4.10. The Balaban J connectivity index is 1.49. The van der Waals surface area contributed by atoms with Gasteiger partial charge in [0.05, 0.1) is 16.8 Å². The zero-order valence-corrected chi connectivity index (χ0v) is 15.9. The van der Waals surface area contributed by atoms with Gasteiger partial charge in [-0.1, -0.05) is 11.2 Å². The second-order valence-electron chi connectivity index (χ2n) is 6.25. The molecule has 8 heteroatoms. The summed E-state index contributed by atoms with van der Waals surface area (Å²) >= 11 is 0. The number of nitrogens with one attached hydrogen (secondary N) is 1. The van der Waals surface area contributed by atoms with Gasteiger partial charge in [0.1, 0.15) is 23.9 Å². The minimum absolute atomic E-state index is 0.272. The highest BCUT2D eigenvalue weighted by Gasteiger charge is 2.12. The third kappa shape index (κ3) is 5.41. The first-order valence-corrected chi connectivity index (χ1v) is 8.79. The van der Waals surface area contributed by atoms with Crippen molar-refractivity contribution in [2.75, 3.05) is 11.9 Å². The number of carbonyl (C=O) groups is 2. The first-order valence-electron chi connectivity index (χ1n) is 8.79. The van der Waals surface area contributed by atoms with E-state index in [4.69, 9.17) is 14.0 Å². The number of ether oxygens (including phenoxy) is 2. The molecule has 3 rings (SSSR count). The van der Waals surface area contributed by atoms with Crippen LogP contribution in [0.3, 0.4) is 0 Å². The van der Waals surface area contributed by atoms with Crippen LogP contribution in [0.1, 0.15) is 27.4 Å². The summed E-state index contributed by atoms with van der Waals surface area (Å²) in [6.07, 6.45) is 0. The molecule has 150 valence electrons. The number of benzene rings is 2. The topological polar surface area (TPSA) is 90.7 Å². The molecule has 3 aromatic rings. The molecule has 0 aliphatic carbocycles. The number of hydrogen-bond donors (Lipinski definition) is 1. The Morgan fingerprint density at radius 2 is 1.90 bits per heavy atom. The highest BCUT2D eigenvalue weighted by Crippen LogP contribution is 2.18. The van der Waals surface area contributed by atoms with E-state index in [1.807, 2.05) is 13.8 Å². The Kier molecular flexibility index (Phi) is 6.23. The Morgan fingerprint density at radius 1 is 1.14 bits per heavy atom. The van der Waals surface area contributed by atoms with E-state index in [9.17, 15) is 14.0 Å².